The summed E-state index contributed by atoms with van der Waals surface area (Å²) < 4.78 is 15.5. The summed E-state index contributed by atoms with van der Waals surface area (Å²) in [4.78, 5) is 6.06. The number of hydrogen-bond donors (Lipinski definition) is 1. The van der Waals surface area contributed by atoms with Crippen LogP contribution in [0, 0.1) is 12.7 Å². The fourth-order valence-corrected chi connectivity index (χ4v) is 3.86. The molecule has 0 fully saturated rings. The smallest absolute Gasteiger partial charge is 0.150 e. The molecule has 0 radical (unpaired) electrons. The lowest BCUT2D eigenvalue weighted by Gasteiger charge is -2.19. The molecule has 1 atom stereocenters. The standard InChI is InChI=1S/C24H22Cl2FNO2/c1-4-18(19-7-5-6-17(12-19)14-29)13-22-15(2)10-11-28(22)30-16(3)23-20(25)8-9-21(27)24(23)26/h4-13,16,29H,1,14H2,2-3H3/b18-13+. The molecule has 0 aliphatic carbocycles. The van der Waals surface area contributed by atoms with E-state index in [1.807, 2.05) is 43.3 Å². The first kappa shape index (κ1) is 22.2. The van der Waals surface area contributed by atoms with Gasteiger partial charge in [-0.15, -0.1) is 0 Å². The molecule has 0 aliphatic rings. The highest BCUT2D eigenvalue weighted by Crippen LogP contribution is 2.33. The Bertz CT molecular complexity index is 1100. The Hall–Kier alpha value is -2.53. The second-order valence-corrected chi connectivity index (χ2v) is 7.66. The minimum atomic E-state index is -0.593. The van der Waals surface area contributed by atoms with Gasteiger partial charge in [0.2, 0.25) is 0 Å². The second kappa shape index (κ2) is 9.52. The summed E-state index contributed by atoms with van der Waals surface area (Å²) in [6.45, 7) is 7.60. The van der Waals surface area contributed by atoms with Gasteiger partial charge in [0.15, 0.2) is 6.10 Å². The predicted molar refractivity (Wildman–Crippen MR) is 121 cm³/mol. The summed E-state index contributed by atoms with van der Waals surface area (Å²) in [6, 6.07) is 12.2. The normalized spacial score (nSPS) is 12.7. The number of aryl methyl sites for hydroxylation is 1. The number of nitrogens with zero attached hydrogens (tertiary/aromatic N) is 1. The molecule has 3 nitrogen and oxygen atoms in total. The Balaban J connectivity index is 1.98. The molecule has 156 valence electrons. The molecule has 1 unspecified atom stereocenters. The highest BCUT2D eigenvalue weighted by atomic mass is 35.5. The fourth-order valence-electron chi connectivity index (χ4n) is 3.18. The third kappa shape index (κ3) is 4.62. The molecule has 0 saturated carbocycles. The van der Waals surface area contributed by atoms with E-state index in [1.165, 1.54) is 12.1 Å². The van der Waals surface area contributed by atoms with Crippen molar-refractivity contribution in [2.75, 3.05) is 0 Å². The lowest BCUT2D eigenvalue weighted by atomic mass is 10.0. The number of aliphatic hydroxyl groups is 1. The lowest BCUT2D eigenvalue weighted by molar-refractivity contribution is 0.0470. The molecule has 0 saturated heterocycles. The maximum absolute atomic E-state index is 13.9. The quantitative estimate of drug-likeness (QED) is 0.326. The van der Waals surface area contributed by atoms with Crippen molar-refractivity contribution >= 4 is 34.9 Å². The summed E-state index contributed by atoms with van der Waals surface area (Å²) in [5, 5.41) is 9.70. The highest BCUT2D eigenvalue weighted by molar-refractivity contribution is 6.36. The molecule has 0 aliphatic heterocycles. The van der Waals surface area contributed by atoms with Gasteiger partial charge in [0.05, 0.1) is 17.3 Å². The zero-order valence-corrected chi connectivity index (χ0v) is 18.2. The van der Waals surface area contributed by atoms with Crippen molar-refractivity contribution in [3.63, 3.8) is 0 Å². The van der Waals surface area contributed by atoms with E-state index in [0.29, 0.717) is 10.6 Å². The maximum atomic E-state index is 13.9. The van der Waals surface area contributed by atoms with Crippen LogP contribution in [-0.4, -0.2) is 9.84 Å². The number of allylic oxidation sites excluding steroid dienone is 2. The predicted octanol–water partition coefficient (Wildman–Crippen LogP) is 6.65. The van der Waals surface area contributed by atoms with Crippen molar-refractivity contribution < 1.29 is 14.3 Å². The monoisotopic (exact) mass is 445 g/mol. The number of halogens is 3. The van der Waals surface area contributed by atoms with Crippen LogP contribution >= 0.6 is 23.2 Å². The van der Waals surface area contributed by atoms with Crippen LogP contribution in [0.1, 0.15) is 41.0 Å². The molecule has 0 bridgehead atoms. The fraction of sp³-hybridized carbons (Fsp3) is 0.167. The first-order valence-electron chi connectivity index (χ1n) is 9.38. The Morgan fingerprint density at radius 1 is 1.27 bits per heavy atom. The molecule has 1 aromatic heterocycles. The summed E-state index contributed by atoms with van der Waals surface area (Å²) in [5.41, 5.74) is 4.78. The van der Waals surface area contributed by atoms with Crippen molar-refractivity contribution in [1.29, 1.82) is 0 Å². The first-order valence-corrected chi connectivity index (χ1v) is 10.1. The molecule has 3 aromatic rings. The van der Waals surface area contributed by atoms with Gasteiger partial charge in [-0.25, -0.2) is 4.39 Å². The Kier molecular flexibility index (Phi) is 7.03. The average Bonchev–Trinajstić information content (AvgIpc) is 3.08. The molecule has 6 heteroatoms. The van der Waals surface area contributed by atoms with Gasteiger partial charge in [-0.1, -0.05) is 54.1 Å². The van der Waals surface area contributed by atoms with E-state index >= 15 is 0 Å². The van der Waals surface area contributed by atoms with Gasteiger partial charge < -0.3 is 9.94 Å². The van der Waals surface area contributed by atoms with Crippen molar-refractivity contribution in [3.05, 3.63) is 105 Å². The SMILES string of the molecule is C=C/C(=C\c1c(C)ccn1OC(C)c1c(Cl)ccc(F)c1Cl)c1cccc(CO)c1. The van der Waals surface area contributed by atoms with Gasteiger partial charge in [-0.2, -0.15) is 4.73 Å². The van der Waals surface area contributed by atoms with E-state index in [4.69, 9.17) is 28.0 Å². The van der Waals surface area contributed by atoms with E-state index in [2.05, 4.69) is 6.58 Å². The van der Waals surface area contributed by atoms with Gasteiger partial charge in [-0.05, 0) is 66.5 Å². The van der Waals surface area contributed by atoms with Gasteiger partial charge in [-0.3, -0.25) is 0 Å². The van der Waals surface area contributed by atoms with E-state index in [0.717, 1.165) is 28.0 Å². The van der Waals surface area contributed by atoms with Crippen LogP contribution in [0.4, 0.5) is 4.39 Å². The number of aliphatic hydroxyl groups excluding tert-OH is 1. The van der Waals surface area contributed by atoms with Crippen LogP contribution in [0.2, 0.25) is 10.0 Å². The maximum Gasteiger partial charge on any atom is 0.150 e. The first-order chi connectivity index (χ1) is 14.3. The molecule has 3 rings (SSSR count). The zero-order chi connectivity index (χ0) is 21.8. The minimum Gasteiger partial charge on any atom is -0.406 e. The zero-order valence-electron chi connectivity index (χ0n) is 16.7. The highest BCUT2D eigenvalue weighted by Gasteiger charge is 2.20. The Morgan fingerprint density at radius 3 is 2.73 bits per heavy atom. The molecule has 0 amide bonds. The Labute approximate surface area is 185 Å². The number of aromatic nitrogens is 1. The summed E-state index contributed by atoms with van der Waals surface area (Å²) in [5.74, 6) is -0.548. The number of hydrogen-bond acceptors (Lipinski definition) is 2. The molecular weight excluding hydrogens is 424 g/mol. The van der Waals surface area contributed by atoms with Crippen LogP contribution in [-0.2, 0) is 6.61 Å². The third-order valence-corrected chi connectivity index (χ3v) is 5.53. The third-order valence-electron chi connectivity index (χ3n) is 4.81. The van der Waals surface area contributed by atoms with E-state index in [1.54, 1.807) is 23.9 Å². The van der Waals surface area contributed by atoms with E-state index < -0.39 is 11.9 Å². The minimum absolute atomic E-state index is 0.0382. The largest absolute Gasteiger partial charge is 0.406 e. The second-order valence-electron chi connectivity index (χ2n) is 6.88. The number of benzene rings is 2. The van der Waals surface area contributed by atoms with Crippen molar-refractivity contribution in [2.45, 2.75) is 26.6 Å². The van der Waals surface area contributed by atoms with Crippen molar-refractivity contribution in [1.82, 2.24) is 4.73 Å². The Morgan fingerprint density at radius 2 is 2.03 bits per heavy atom. The topological polar surface area (TPSA) is 34.4 Å². The molecule has 2 aromatic carbocycles. The van der Waals surface area contributed by atoms with E-state index in [9.17, 15) is 9.50 Å². The van der Waals surface area contributed by atoms with Crippen molar-refractivity contribution in [2.24, 2.45) is 0 Å². The molecular formula is C24H22Cl2FNO2. The summed E-state index contributed by atoms with van der Waals surface area (Å²) >= 11 is 12.4. The van der Waals surface area contributed by atoms with Gasteiger partial charge in [0.1, 0.15) is 5.82 Å². The van der Waals surface area contributed by atoms with Gasteiger partial charge >= 0.3 is 0 Å². The van der Waals surface area contributed by atoms with Crippen LogP contribution in [0.25, 0.3) is 11.6 Å². The van der Waals surface area contributed by atoms with Crippen molar-refractivity contribution in [3.8, 4) is 0 Å². The number of rotatable bonds is 7. The van der Waals surface area contributed by atoms with Gasteiger partial charge in [0.25, 0.3) is 0 Å². The average molecular weight is 446 g/mol. The molecule has 1 heterocycles. The molecule has 30 heavy (non-hydrogen) atoms. The summed E-state index contributed by atoms with van der Waals surface area (Å²) in [7, 11) is 0. The lowest BCUT2D eigenvalue weighted by Crippen LogP contribution is -2.17. The van der Waals surface area contributed by atoms with Crippen LogP contribution in [0.3, 0.4) is 0 Å². The van der Waals surface area contributed by atoms with Crippen LogP contribution in [0.5, 0.6) is 0 Å². The van der Waals surface area contributed by atoms with Crippen LogP contribution < -0.4 is 4.84 Å². The van der Waals surface area contributed by atoms with Crippen LogP contribution in [0.15, 0.2) is 61.3 Å². The van der Waals surface area contributed by atoms with Gasteiger partial charge in [0, 0.05) is 16.8 Å². The van der Waals surface area contributed by atoms with E-state index in [-0.39, 0.29) is 11.6 Å². The molecule has 1 N–H and O–H groups in total. The molecule has 0 spiro atoms. The summed E-state index contributed by atoms with van der Waals surface area (Å²) in [6.07, 6.45) is 4.88.